The number of nitrogens with zero attached hydrogens (tertiary/aromatic N) is 2. The molecule has 0 saturated carbocycles. The van der Waals surface area contributed by atoms with E-state index in [0.717, 1.165) is 11.0 Å². The maximum Gasteiger partial charge on any atom is 0.257 e. The zero-order valence-corrected chi connectivity index (χ0v) is 18.5. The summed E-state index contributed by atoms with van der Waals surface area (Å²) in [5, 5.41) is 5.96. The molecule has 158 valence electrons. The van der Waals surface area contributed by atoms with Gasteiger partial charge >= 0.3 is 0 Å². The molecule has 0 bridgehead atoms. The number of piperidine rings is 2. The Hall–Kier alpha value is -2.25. The fourth-order valence-electron chi connectivity index (χ4n) is 4.59. The molecule has 2 amide bonds. The first-order chi connectivity index (χ1) is 14.6. The summed E-state index contributed by atoms with van der Waals surface area (Å²) in [5.74, 6) is 0.243. The molecule has 0 aliphatic carbocycles. The number of benzene rings is 1. The van der Waals surface area contributed by atoms with Gasteiger partial charge in [0.15, 0.2) is 0 Å². The molecular formula is C23H27BrN4O2. The Morgan fingerprint density at radius 3 is 2.60 bits per heavy atom. The molecule has 3 heterocycles. The second-order valence-electron chi connectivity index (χ2n) is 8.13. The largest absolute Gasteiger partial charge is 0.352 e. The first kappa shape index (κ1) is 21.0. The van der Waals surface area contributed by atoms with Gasteiger partial charge in [0.25, 0.3) is 11.8 Å². The lowest BCUT2D eigenvalue weighted by molar-refractivity contribution is 0.0575. The first-order valence-electron chi connectivity index (χ1n) is 10.6. The second kappa shape index (κ2) is 9.71. The Kier molecular flexibility index (Phi) is 6.79. The van der Waals surface area contributed by atoms with Crippen molar-refractivity contribution in [1.29, 1.82) is 0 Å². The molecule has 2 atom stereocenters. The second-order valence-corrected chi connectivity index (χ2v) is 9.05. The summed E-state index contributed by atoms with van der Waals surface area (Å²) >= 11 is 3.31. The van der Waals surface area contributed by atoms with Gasteiger partial charge in [-0.05, 0) is 91.0 Å². The highest BCUT2D eigenvalue weighted by Crippen LogP contribution is 2.30. The molecule has 1 aromatic carbocycles. The van der Waals surface area contributed by atoms with Crippen LogP contribution in [0.15, 0.2) is 47.2 Å². The predicted molar refractivity (Wildman–Crippen MR) is 121 cm³/mol. The molecule has 0 spiro atoms. The highest BCUT2D eigenvalue weighted by molar-refractivity contribution is 9.10. The lowest BCUT2D eigenvalue weighted by atomic mass is 9.83. The summed E-state index contributed by atoms with van der Waals surface area (Å²) in [6, 6.07) is 9.33. The number of anilines is 1. The van der Waals surface area contributed by atoms with E-state index < -0.39 is 0 Å². The minimum Gasteiger partial charge on any atom is -0.352 e. The van der Waals surface area contributed by atoms with Crippen LogP contribution in [0.3, 0.4) is 0 Å². The number of carbonyl (C=O) groups is 2. The fraction of sp³-hybridized carbons (Fsp3) is 0.435. The van der Waals surface area contributed by atoms with Crippen molar-refractivity contribution in [2.24, 2.45) is 5.92 Å². The third-order valence-corrected chi connectivity index (χ3v) is 6.56. The molecule has 2 N–H and O–H groups in total. The monoisotopic (exact) mass is 470 g/mol. The van der Waals surface area contributed by atoms with Gasteiger partial charge in [-0.3, -0.25) is 14.6 Å². The van der Waals surface area contributed by atoms with Crippen molar-refractivity contribution in [3.8, 4) is 0 Å². The van der Waals surface area contributed by atoms with Gasteiger partial charge in [0.1, 0.15) is 0 Å². The maximum atomic E-state index is 12.6. The zero-order valence-electron chi connectivity index (χ0n) is 16.9. The molecule has 2 unspecified atom stereocenters. The Labute approximate surface area is 185 Å². The molecular weight excluding hydrogens is 444 g/mol. The average Bonchev–Trinajstić information content (AvgIpc) is 2.78. The molecule has 1 aromatic heterocycles. The van der Waals surface area contributed by atoms with E-state index >= 15 is 0 Å². The van der Waals surface area contributed by atoms with Crippen LogP contribution in [0.1, 0.15) is 52.8 Å². The van der Waals surface area contributed by atoms with Crippen LogP contribution in [0.4, 0.5) is 5.69 Å². The van der Waals surface area contributed by atoms with Crippen molar-refractivity contribution >= 4 is 33.4 Å². The number of amides is 2. The van der Waals surface area contributed by atoms with E-state index in [1.165, 1.54) is 51.4 Å². The van der Waals surface area contributed by atoms with Crippen LogP contribution >= 0.6 is 15.9 Å². The number of carbonyl (C=O) groups excluding carboxylic acids is 2. The van der Waals surface area contributed by atoms with E-state index in [1.54, 1.807) is 36.5 Å². The number of hydrogen-bond acceptors (Lipinski definition) is 4. The van der Waals surface area contributed by atoms with Gasteiger partial charge in [-0.25, -0.2) is 0 Å². The van der Waals surface area contributed by atoms with Crippen molar-refractivity contribution < 1.29 is 9.59 Å². The Balaban J connectivity index is 1.31. The van der Waals surface area contributed by atoms with Crippen molar-refractivity contribution in [2.45, 2.75) is 38.1 Å². The number of aromatic nitrogens is 1. The van der Waals surface area contributed by atoms with Crippen molar-refractivity contribution in [2.75, 3.05) is 25.0 Å². The van der Waals surface area contributed by atoms with Crippen molar-refractivity contribution in [3.63, 3.8) is 0 Å². The smallest absolute Gasteiger partial charge is 0.257 e. The fourth-order valence-corrected chi connectivity index (χ4v) is 4.95. The quantitative estimate of drug-likeness (QED) is 0.689. The lowest BCUT2D eigenvalue weighted by Crippen LogP contribution is -2.51. The standard InChI is InChI=1S/C23H27BrN4O2/c24-19-12-18(13-25-15-19)23(30)27-20-8-6-16(7-9-20)22(29)26-14-17-4-3-11-28-10-2-1-5-21(17)28/h6-9,12-13,15,17,21H,1-5,10-11,14H2,(H,26,29)(H,27,30). The van der Waals surface area contributed by atoms with Gasteiger partial charge in [-0.2, -0.15) is 0 Å². The van der Waals surface area contributed by atoms with Gasteiger partial charge in [-0.15, -0.1) is 0 Å². The molecule has 2 fully saturated rings. The molecule has 4 rings (SSSR count). The molecule has 6 nitrogen and oxygen atoms in total. The topological polar surface area (TPSA) is 74.3 Å². The number of nitrogens with one attached hydrogen (secondary N) is 2. The number of pyridine rings is 1. The molecule has 2 aliphatic rings. The maximum absolute atomic E-state index is 12.6. The molecule has 30 heavy (non-hydrogen) atoms. The molecule has 2 aromatic rings. The van der Waals surface area contributed by atoms with Gasteiger partial charge < -0.3 is 15.5 Å². The van der Waals surface area contributed by atoms with Gasteiger partial charge in [0.2, 0.25) is 0 Å². The molecule has 2 aliphatic heterocycles. The number of hydrogen-bond donors (Lipinski definition) is 2. The van der Waals surface area contributed by atoms with Crippen molar-refractivity contribution in [1.82, 2.24) is 15.2 Å². The summed E-state index contributed by atoms with van der Waals surface area (Å²) < 4.78 is 0.747. The zero-order chi connectivity index (χ0) is 20.9. The first-order valence-corrected chi connectivity index (χ1v) is 11.4. The van der Waals surface area contributed by atoms with E-state index in [2.05, 4.69) is 36.4 Å². The highest BCUT2D eigenvalue weighted by Gasteiger charge is 2.32. The normalized spacial score (nSPS) is 21.5. The van der Waals surface area contributed by atoms with Crippen molar-refractivity contribution in [3.05, 3.63) is 58.3 Å². The van der Waals surface area contributed by atoms with Crippen LogP contribution in [0.2, 0.25) is 0 Å². The Morgan fingerprint density at radius 2 is 1.80 bits per heavy atom. The molecule has 7 heteroatoms. The van der Waals surface area contributed by atoms with Crippen LogP contribution in [0.5, 0.6) is 0 Å². The van der Waals surface area contributed by atoms with Crippen LogP contribution in [-0.2, 0) is 0 Å². The van der Waals surface area contributed by atoms with Gasteiger partial charge in [-0.1, -0.05) is 6.42 Å². The van der Waals surface area contributed by atoms with E-state index in [4.69, 9.17) is 0 Å². The van der Waals surface area contributed by atoms with Gasteiger partial charge in [0.05, 0.1) is 5.56 Å². The third-order valence-electron chi connectivity index (χ3n) is 6.13. The average molecular weight is 471 g/mol. The number of rotatable bonds is 5. The highest BCUT2D eigenvalue weighted by atomic mass is 79.9. The summed E-state index contributed by atoms with van der Waals surface area (Å²) in [6.07, 6.45) is 9.41. The summed E-state index contributed by atoms with van der Waals surface area (Å²) in [4.78, 5) is 31.6. The summed E-state index contributed by atoms with van der Waals surface area (Å²) in [6.45, 7) is 3.14. The van der Waals surface area contributed by atoms with Gasteiger partial charge in [0, 0.05) is 40.7 Å². The number of fused-ring (bicyclic) bond motifs is 1. The van der Waals surface area contributed by atoms with Crippen LogP contribution in [0, 0.1) is 5.92 Å². The Bertz CT molecular complexity index is 900. The minimum absolute atomic E-state index is 0.0583. The van der Waals surface area contributed by atoms with E-state index in [0.29, 0.717) is 28.8 Å². The van der Waals surface area contributed by atoms with Crippen LogP contribution in [0.25, 0.3) is 0 Å². The van der Waals surface area contributed by atoms with E-state index in [1.807, 2.05) is 0 Å². The van der Waals surface area contributed by atoms with E-state index in [9.17, 15) is 9.59 Å². The number of halogens is 1. The van der Waals surface area contributed by atoms with Crippen LogP contribution < -0.4 is 10.6 Å². The molecule has 2 saturated heterocycles. The lowest BCUT2D eigenvalue weighted by Gasteiger charge is -2.44. The van der Waals surface area contributed by atoms with E-state index in [-0.39, 0.29) is 11.8 Å². The predicted octanol–water partition coefficient (Wildman–Crippen LogP) is 4.09. The third kappa shape index (κ3) is 5.08. The summed E-state index contributed by atoms with van der Waals surface area (Å²) in [7, 11) is 0. The minimum atomic E-state index is -0.240. The summed E-state index contributed by atoms with van der Waals surface area (Å²) in [5.41, 5.74) is 1.71. The SMILES string of the molecule is O=C(NCC1CCCN2CCCCC12)c1ccc(NC(=O)c2cncc(Br)c2)cc1. The Morgan fingerprint density at radius 1 is 1.00 bits per heavy atom. The van der Waals surface area contributed by atoms with Crippen LogP contribution in [-0.4, -0.2) is 47.4 Å². The molecule has 0 radical (unpaired) electrons.